The maximum absolute atomic E-state index is 9.73. The molecule has 2 nitrogen and oxygen atoms in total. The number of anilines is 1. The van der Waals surface area contributed by atoms with Crippen molar-refractivity contribution in [2.75, 3.05) is 5.32 Å². The van der Waals surface area contributed by atoms with Crippen LogP contribution < -0.4 is 5.32 Å². The molecule has 0 fully saturated rings. The van der Waals surface area contributed by atoms with Crippen LogP contribution in [0.5, 0.6) is 5.75 Å². The lowest BCUT2D eigenvalue weighted by molar-refractivity contribution is 0.466. The van der Waals surface area contributed by atoms with Crippen LogP contribution in [0, 0.1) is 20.8 Å². The van der Waals surface area contributed by atoms with Gasteiger partial charge in [0.15, 0.2) is 0 Å². The molecule has 18 heavy (non-hydrogen) atoms. The van der Waals surface area contributed by atoms with Crippen LogP contribution >= 0.6 is 0 Å². The van der Waals surface area contributed by atoms with Crippen LogP contribution in [0.25, 0.3) is 0 Å². The zero-order valence-corrected chi connectivity index (χ0v) is 11.1. The van der Waals surface area contributed by atoms with Gasteiger partial charge in [0.1, 0.15) is 5.75 Å². The van der Waals surface area contributed by atoms with Gasteiger partial charge >= 0.3 is 0 Å². The number of rotatable bonds is 3. The van der Waals surface area contributed by atoms with Crippen LogP contribution in [0.3, 0.4) is 0 Å². The summed E-state index contributed by atoms with van der Waals surface area (Å²) in [5, 5.41) is 13.1. The van der Waals surface area contributed by atoms with Crippen molar-refractivity contribution in [2.45, 2.75) is 27.3 Å². The lowest BCUT2D eigenvalue weighted by Gasteiger charge is -2.10. The predicted molar refractivity (Wildman–Crippen MR) is 76.1 cm³/mol. The molecule has 0 bridgehead atoms. The Balaban J connectivity index is 2.08. The van der Waals surface area contributed by atoms with Crippen molar-refractivity contribution in [1.29, 1.82) is 0 Å². The summed E-state index contributed by atoms with van der Waals surface area (Å²) >= 11 is 0. The first-order valence-corrected chi connectivity index (χ1v) is 6.16. The summed E-state index contributed by atoms with van der Waals surface area (Å²) in [4.78, 5) is 0. The Kier molecular flexibility index (Phi) is 3.56. The van der Waals surface area contributed by atoms with Gasteiger partial charge in [-0.05, 0) is 49.6 Å². The van der Waals surface area contributed by atoms with Crippen molar-refractivity contribution in [3.8, 4) is 5.75 Å². The Morgan fingerprint density at radius 1 is 0.944 bits per heavy atom. The molecule has 0 amide bonds. The topological polar surface area (TPSA) is 32.3 Å². The molecule has 0 atom stereocenters. The molecule has 0 heterocycles. The first kappa shape index (κ1) is 12.5. The summed E-state index contributed by atoms with van der Waals surface area (Å²) in [5.74, 6) is 0.397. The molecule has 0 spiro atoms. The fraction of sp³-hybridized carbons (Fsp3) is 0.250. The lowest BCUT2D eigenvalue weighted by atomic mass is 10.1. The van der Waals surface area contributed by atoms with Crippen LogP contribution in [-0.2, 0) is 6.54 Å². The van der Waals surface area contributed by atoms with Crippen LogP contribution in [0.1, 0.15) is 22.3 Å². The third-order valence-corrected chi connectivity index (χ3v) is 3.10. The second kappa shape index (κ2) is 5.13. The highest BCUT2D eigenvalue weighted by Crippen LogP contribution is 2.23. The van der Waals surface area contributed by atoms with Gasteiger partial charge in [-0.25, -0.2) is 0 Å². The summed E-state index contributed by atoms with van der Waals surface area (Å²) in [7, 11) is 0. The van der Waals surface area contributed by atoms with Gasteiger partial charge in [-0.15, -0.1) is 0 Å². The molecule has 0 aliphatic rings. The number of hydrogen-bond acceptors (Lipinski definition) is 2. The third-order valence-electron chi connectivity index (χ3n) is 3.10. The Bertz CT molecular complexity index is 521. The van der Waals surface area contributed by atoms with Gasteiger partial charge < -0.3 is 10.4 Å². The van der Waals surface area contributed by atoms with Crippen LogP contribution in [-0.4, -0.2) is 5.11 Å². The van der Waals surface area contributed by atoms with Crippen molar-refractivity contribution in [2.24, 2.45) is 0 Å². The van der Waals surface area contributed by atoms with Gasteiger partial charge in [0.25, 0.3) is 0 Å². The van der Waals surface area contributed by atoms with Gasteiger partial charge in [-0.2, -0.15) is 0 Å². The van der Waals surface area contributed by atoms with Gasteiger partial charge in [-0.1, -0.05) is 29.8 Å². The molecule has 94 valence electrons. The Morgan fingerprint density at radius 3 is 2.06 bits per heavy atom. The largest absolute Gasteiger partial charge is 0.507 e. The van der Waals surface area contributed by atoms with E-state index in [2.05, 4.69) is 36.5 Å². The molecule has 0 aliphatic carbocycles. The first-order chi connectivity index (χ1) is 8.56. The molecule has 0 aromatic heterocycles. The van der Waals surface area contributed by atoms with E-state index in [-0.39, 0.29) is 0 Å². The summed E-state index contributed by atoms with van der Waals surface area (Å²) in [6, 6.07) is 12.4. The second-order valence-electron chi connectivity index (χ2n) is 4.80. The van der Waals surface area contributed by atoms with E-state index in [9.17, 15) is 5.11 Å². The number of hydrogen-bond donors (Lipinski definition) is 2. The molecule has 2 N–H and O–H groups in total. The summed E-state index contributed by atoms with van der Waals surface area (Å²) in [6.07, 6.45) is 0. The predicted octanol–water partition coefficient (Wildman–Crippen LogP) is 3.93. The van der Waals surface area contributed by atoms with Gasteiger partial charge in [0.2, 0.25) is 0 Å². The number of phenols is 1. The Hall–Kier alpha value is -1.96. The lowest BCUT2D eigenvalue weighted by Crippen LogP contribution is -2.00. The quantitative estimate of drug-likeness (QED) is 0.853. The summed E-state index contributed by atoms with van der Waals surface area (Å²) in [6.45, 7) is 6.71. The normalized spacial score (nSPS) is 10.4. The highest BCUT2D eigenvalue weighted by atomic mass is 16.3. The second-order valence-corrected chi connectivity index (χ2v) is 4.80. The zero-order valence-electron chi connectivity index (χ0n) is 11.1. The Labute approximate surface area is 108 Å². The molecule has 2 aromatic carbocycles. The summed E-state index contributed by atoms with van der Waals surface area (Å²) < 4.78 is 0. The van der Waals surface area contributed by atoms with Crippen molar-refractivity contribution in [3.63, 3.8) is 0 Å². The van der Waals surface area contributed by atoms with E-state index in [1.165, 1.54) is 11.1 Å². The Morgan fingerprint density at radius 2 is 1.50 bits per heavy atom. The molecule has 2 aromatic rings. The van der Waals surface area contributed by atoms with Crippen molar-refractivity contribution in [3.05, 3.63) is 58.7 Å². The number of benzene rings is 2. The average Bonchev–Trinajstić information content (AvgIpc) is 2.35. The zero-order chi connectivity index (χ0) is 13.1. The highest BCUT2D eigenvalue weighted by Gasteiger charge is 2.03. The monoisotopic (exact) mass is 241 g/mol. The minimum absolute atomic E-state index is 0.397. The van der Waals surface area contributed by atoms with Crippen molar-refractivity contribution in [1.82, 2.24) is 0 Å². The van der Waals surface area contributed by atoms with E-state index in [0.29, 0.717) is 5.75 Å². The molecule has 0 unspecified atom stereocenters. The standard InChI is InChI=1S/C16H19NO/c1-11-4-6-15(7-5-11)17-10-14-8-12(2)16(18)13(3)9-14/h4-9,17-18H,10H2,1-3H3. The molecule has 0 aliphatic heterocycles. The first-order valence-electron chi connectivity index (χ1n) is 6.16. The van der Waals surface area contributed by atoms with E-state index < -0.39 is 0 Å². The molecule has 2 heteroatoms. The van der Waals surface area contributed by atoms with Gasteiger partial charge in [0.05, 0.1) is 0 Å². The van der Waals surface area contributed by atoms with Gasteiger partial charge in [0, 0.05) is 12.2 Å². The minimum atomic E-state index is 0.397. The molecular weight excluding hydrogens is 222 g/mol. The minimum Gasteiger partial charge on any atom is -0.507 e. The van der Waals surface area contributed by atoms with Crippen molar-refractivity contribution >= 4 is 5.69 Å². The van der Waals surface area contributed by atoms with Crippen LogP contribution in [0.15, 0.2) is 36.4 Å². The maximum Gasteiger partial charge on any atom is 0.121 e. The maximum atomic E-state index is 9.73. The molecule has 0 saturated heterocycles. The van der Waals surface area contributed by atoms with E-state index in [0.717, 1.165) is 23.4 Å². The molecule has 0 radical (unpaired) electrons. The number of aromatic hydroxyl groups is 1. The highest BCUT2D eigenvalue weighted by molar-refractivity contribution is 5.47. The van der Waals surface area contributed by atoms with Crippen molar-refractivity contribution < 1.29 is 5.11 Å². The van der Waals surface area contributed by atoms with E-state index in [1.54, 1.807) is 0 Å². The smallest absolute Gasteiger partial charge is 0.121 e. The SMILES string of the molecule is Cc1ccc(NCc2cc(C)c(O)c(C)c2)cc1. The van der Waals surface area contributed by atoms with Crippen LogP contribution in [0.4, 0.5) is 5.69 Å². The average molecular weight is 241 g/mol. The van der Waals surface area contributed by atoms with E-state index in [1.807, 2.05) is 26.0 Å². The summed E-state index contributed by atoms with van der Waals surface area (Å²) in [5.41, 5.74) is 5.41. The van der Waals surface area contributed by atoms with E-state index in [4.69, 9.17) is 0 Å². The van der Waals surface area contributed by atoms with E-state index >= 15 is 0 Å². The third kappa shape index (κ3) is 2.83. The fourth-order valence-electron chi connectivity index (χ4n) is 2.02. The molecular formula is C16H19NO. The number of phenolic OH excluding ortho intramolecular Hbond substituents is 1. The van der Waals surface area contributed by atoms with Gasteiger partial charge in [-0.3, -0.25) is 0 Å². The van der Waals surface area contributed by atoms with Crippen LogP contribution in [0.2, 0.25) is 0 Å². The number of nitrogens with one attached hydrogen (secondary N) is 1. The number of aryl methyl sites for hydroxylation is 3. The fourth-order valence-corrected chi connectivity index (χ4v) is 2.02. The molecule has 0 saturated carbocycles. The molecule has 2 rings (SSSR count).